The van der Waals surface area contributed by atoms with Crippen molar-refractivity contribution in [2.45, 2.75) is 19.3 Å². The molecule has 1 N–H and O–H groups in total. The standard InChI is InChI=1S/C19H17BrFN3O/c1-19(2,12-3-5-13(20)6-4-12)11-24-18(25)15-9-14(21)10-16-17(15)23-8-7-22-16/h3-10H,11H2,1-2H3,(H,24,25). The molecule has 1 heterocycles. The lowest BCUT2D eigenvalue weighted by atomic mass is 9.84. The lowest BCUT2D eigenvalue weighted by molar-refractivity contribution is 0.0946. The first-order valence-corrected chi connectivity index (χ1v) is 8.61. The molecule has 0 radical (unpaired) electrons. The minimum atomic E-state index is -0.509. The molecule has 1 amide bonds. The number of carbonyl (C=O) groups excluding carboxylic acids is 1. The summed E-state index contributed by atoms with van der Waals surface area (Å²) in [5.41, 5.74) is 1.77. The smallest absolute Gasteiger partial charge is 0.253 e. The van der Waals surface area contributed by atoms with E-state index in [1.165, 1.54) is 24.5 Å². The third kappa shape index (κ3) is 3.85. The summed E-state index contributed by atoms with van der Waals surface area (Å²) >= 11 is 3.42. The summed E-state index contributed by atoms with van der Waals surface area (Å²) < 4.78 is 14.8. The fourth-order valence-electron chi connectivity index (χ4n) is 2.61. The van der Waals surface area contributed by atoms with Gasteiger partial charge in [0.2, 0.25) is 0 Å². The van der Waals surface area contributed by atoms with Crippen molar-refractivity contribution < 1.29 is 9.18 Å². The van der Waals surface area contributed by atoms with Gasteiger partial charge in [0.05, 0.1) is 11.1 Å². The maximum Gasteiger partial charge on any atom is 0.253 e. The highest BCUT2D eigenvalue weighted by molar-refractivity contribution is 9.10. The Kier molecular flexibility index (Phi) is 4.81. The number of aromatic nitrogens is 2. The summed E-state index contributed by atoms with van der Waals surface area (Å²) in [6, 6.07) is 10.4. The average molecular weight is 402 g/mol. The van der Waals surface area contributed by atoms with Gasteiger partial charge < -0.3 is 5.32 Å². The maximum absolute atomic E-state index is 13.8. The van der Waals surface area contributed by atoms with Gasteiger partial charge in [-0.2, -0.15) is 0 Å². The predicted octanol–water partition coefficient (Wildman–Crippen LogP) is 4.24. The van der Waals surface area contributed by atoms with Crippen LogP contribution in [0.3, 0.4) is 0 Å². The summed E-state index contributed by atoms with van der Waals surface area (Å²) in [4.78, 5) is 20.8. The van der Waals surface area contributed by atoms with E-state index in [1.54, 1.807) is 0 Å². The Bertz CT molecular complexity index is 926. The van der Waals surface area contributed by atoms with Crippen LogP contribution in [0.15, 0.2) is 53.3 Å². The van der Waals surface area contributed by atoms with Gasteiger partial charge in [0.25, 0.3) is 5.91 Å². The van der Waals surface area contributed by atoms with Gasteiger partial charge in [-0.3, -0.25) is 14.8 Å². The largest absolute Gasteiger partial charge is 0.351 e. The summed E-state index contributed by atoms with van der Waals surface area (Å²) in [6.07, 6.45) is 2.96. The molecule has 0 spiro atoms. The van der Waals surface area contributed by atoms with Crippen molar-refractivity contribution in [3.63, 3.8) is 0 Å². The first-order chi connectivity index (χ1) is 11.9. The van der Waals surface area contributed by atoms with Crippen LogP contribution in [0.25, 0.3) is 11.0 Å². The fourth-order valence-corrected chi connectivity index (χ4v) is 2.88. The second kappa shape index (κ2) is 6.88. The molecule has 0 unspecified atom stereocenters. The number of amides is 1. The zero-order valence-corrected chi connectivity index (χ0v) is 15.5. The monoisotopic (exact) mass is 401 g/mol. The van der Waals surface area contributed by atoms with E-state index in [9.17, 15) is 9.18 Å². The summed E-state index contributed by atoms with van der Waals surface area (Å²) in [5.74, 6) is -0.875. The van der Waals surface area contributed by atoms with Gasteiger partial charge in [-0.05, 0) is 23.8 Å². The molecule has 4 nitrogen and oxygen atoms in total. The van der Waals surface area contributed by atoms with Gasteiger partial charge in [-0.1, -0.05) is 41.9 Å². The molecular formula is C19H17BrFN3O. The van der Waals surface area contributed by atoms with Gasteiger partial charge in [0, 0.05) is 34.9 Å². The van der Waals surface area contributed by atoms with Crippen molar-refractivity contribution in [3.8, 4) is 0 Å². The summed E-state index contributed by atoms with van der Waals surface area (Å²) in [6.45, 7) is 4.49. The van der Waals surface area contributed by atoms with Gasteiger partial charge >= 0.3 is 0 Å². The number of nitrogens with one attached hydrogen (secondary N) is 1. The van der Waals surface area contributed by atoms with E-state index in [0.29, 0.717) is 17.6 Å². The molecule has 0 aliphatic rings. The van der Waals surface area contributed by atoms with Crippen molar-refractivity contribution in [2.75, 3.05) is 6.54 Å². The molecule has 0 aliphatic carbocycles. The third-order valence-electron chi connectivity index (χ3n) is 4.10. The predicted molar refractivity (Wildman–Crippen MR) is 99.0 cm³/mol. The quantitative estimate of drug-likeness (QED) is 0.711. The molecule has 1 aromatic heterocycles. The molecule has 0 saturated carbocycles. The number of hydrogen-bond acceptors (Lipinski definition) is 3. The van der Waals surface area contributed by atoms with Crippen LogP contribution < -0.4 is 5.32 Å². The van der Waals surface area contributed by atoms with Crippen molar-refractivity contribution >= 4 is 32.9 Å². The Balaban J connectivity index is 1.82. The molecule has 128 valence electrons. The van der Waals surface area contributed by atoms with Crippen molar-refractivity contribution in [3.05, 3.63) is 70.2 Å². The highest BCUT2D eigenvalue weighted by atomic mass is 79.9. The SMILES string of the molecule is CC(C)(CNC(=O)c1cc(F)cc2nccnc12)c1ccc(Br)cc1. The Morgan fingerprint density at radius 1 is 1.16 bits per heavy atom. The lowest BCUT2D eigenvalue weighted by Gasteiger charge is -2.26. The highest BCUT2D eigenvalue weighted by Gasteiger charge is 2.22. The highest BCUT2D eigenvalue weighted by Crippen LogP contribution is 2.24. The molecule has 0 fully saturated rings. The van der Waals surface area contributed by atoms with Crippen LogP contribution in [0.1, 0.15) is 29.8 Å². The minimum absolute atomic E-state index is 0.190. The van der Waals surface area contributed by atoms with E-state index in [4.69, 9.17) is 0 Å². The molecule has 0 atom stereocenters. The van der Waals surface area contributed by atoms with Gasteiger partial charge in [-0.15, -0.1) is 0 Å². The van der Waals surface area contributed by atoms with Crippen LogP contribution in [0.2, 0.25) is 0 Å². The van der Waals surface area contributed by atoms with Crippen molar-refractivity contribution in [1.29, 1.82) is 0 Å². The second-order valence-corrected chi connectivity index (χ2v) is 7.37. The first kappa shape index (κ1) is 17.5. The number of fused-ring (bicyclic) bond motifs is 1. The zero-order chi connectivity index (χ0) is 18.0. The Morgan fingerprint density at radius 2 is 1.84 bits per heavy atom. The summed E-state index contributed by atoms with van der Waals surface area (Å²) in [5, 5.41) is 2.89. The molecule has 3 aromatic rings. The molecule has 0 aliphatic heterocycles. The number of nitrogens with zero attached hydrogens (tertiary/aromatic N) is 2. The molecule has 0 bridgehead atoms. The van der Waals surface area contributed by atoms with E-state index < -0.39 is 5.82 Å². The summed E-state index contributed by atoms with van der Waals surface area (Å²) in [7, 11) is 0. The molecule has 6 heteroatoms. The zero-order valence-electron chi connectivity index (χ0n) is 13.9. The van der Waals surface area contributed by atoms with E-state index in [0.717, 1.165) is 10.0 Å². The van der Waals surface area contributed by atoms with Crippen molar-refractivity contribution in [2.24, 2.45) is 0 Å². The number of rotatable bonds is 4. The third-order valence-corrected chi connectivity index (χ3v) is 4.63. The number of carbonyl (C=O) groups is 1. The molecular weight excluding hydrogens is 385 g/mol. The fraction of sp³-hybridized carbons (Fsp3) is 0.211. The molecule has 0 saturated heterocycles. The number of hydrogen-bond donors (Lipinski definition) is 1. The van der Waals surface area contributed by atoms with E-state index >= 15 is 0 Å². The van der Waals surface area contributed by atoms with Crippen LogP contribution in [0.4, 0.5) is 4.39 Å². The van der Waals surface area contributed by atoms with Gasteiger partial charge in [0.15, 0.2) is 0 Å². The molecule has 2 aromatic carbocycles. The molecule has 3 rings (SSSR count). The van der Waals surface area contributed by atoms with E-state index in [-0.39, 0.29) is 16.9 Å². The van der Waals surface area contributed by atoms with Crippen LogP contribution in [0, 0.1) is 5.82 Å². The van der Waals surface area contributed by atoms with Gasteiger partial charge in [0.1, 0.15) is 11.3 Å². The van der Waals surface area contributed by atoms with E-state index in [1.807, 2.05) is 38.1 Å². The Morgan fingerprint density at radius 3 is 2.56 bits per heavy atom. The van der Waals surface area contributed by atoms with Crippen LogP contribution in [-0.4, -0.2) is 22.4 Å². The Hall–Kier alpha value is -2.34. The van der Waals surface area contributed by atoms with E-state index in [2.05, 4.69) is 31.2 Å². The number of benzene rings is 2. The topological polar surface area (TPSA) is 54.9 Å². The number of halogens is 2. The normalized spacial score (nSPS) is 11.5. The van der Waals surface area contributed by atoms with Crippen LogP contribution in [0.5, 0.6) is 0 Å². The van der Waals surface area contributed by atoms with Crippen LogP contribution >= 0.6 is 15.9 Å². The molecule has 25 heavy (non-hydrogen) atoms. The Labute approximate surface area is 153 Å². The van der Waals surface area contributed by atoms with Crippen molar-refractivity contribution in [1.82, 2.24) is 15.3 Å². The minimum Gasteiger partial charge on any atom is -0.351 e. The average Bonchev–Trinajstić information content (AvgIpc) is 2.59. The lowest BCUT2D eigenvalue weighted by Crippen LogP contribution is -2.36. The maximum atomic E-state index is 13.8. The second-order valence-electron chi connectivity index (χ2n) is 6.45. The van der Waals surface area contributed by atoms with Crippen LogP contribution in [-0.2, 0) is 5.41 Å². The first-order valence-electron chi connectivity index (χ1n) is 7.81. The van der Waals surface area contributed by atoms with Gasteiger partial charge in [-0.25, -0.2) is 4.39 Å².